The second-order valence-electron chi connectivity index (χ2n) is 10.7. The van der Waals surface area contributed by atoms with Gasteiger partial charge in [-0.15, -0.1) is 0 Å². The fourth-order valence-electron chi connectivity index (χ4n) is 5.52. The second-order valence-corrected chi connectivity index (χ2v) is 11.2. The molecular formula is C30H27ClF4N4O4. The zero-order valence-corrected chi connectivity index (χ0v) is 23.8. The minimum absolute atomic E-state index is 0.0145. The molecule has 2 aliphatic rings. The number of halogens is 5. The molecule has 1 N–H and O–H groups in total. The van der Waals surface area contributed by atoms with Gasteiger partial charge in [-0.25, -0.2) is 19.2 Å². The number of rotatable bonds is 8. The lowest BCUT2D eigenvalue weighted by Gasteiger charge is -2.35. The van der Waals surface area contributed by atoms with Crippen molar-refractivity contribution in [3.63, 3.8) is 0 Å². The predicted octanol–water partition coefficient (Wildman–Crippen LogP) is 6.43. The molecule has 0 radical (unpaired) electrons. The molecule has 8 nitrogen and oxygen atoms in total. The van der Waals surface area contributed by atoms with E-state index in [2.05, 4.69) is 9.88 Å². The molecule has 13 heteroatoms. The Kier molecular flexibility index (Phi) is 7.78. The number of carbonyl (C=O) groups is 1. The van der Waals surface area contributed by atoms with E-state index < -0.39 is 36.0 Å². The minimum Gasteiger partial charge on any atom is -0.487 e. The van der Waals surface area contributed by atoms with Crippen molar-refractivity contribution in [2.45, 2.75) is 57.8 Å². The first-order valence-electron chi connectivity index (χ1n) is 13.7. The molecule has 6 rings (SSSR count). The van der Waals surface area contributed by atoms with Gasteiger partial charge in [0, 0.05) is 41.9 Å². The summed E-state index contributed by atoms with van der Waals surface area (Å²) in [5.74, 6) is -1.51. The molecule has 43 heavy (non-hydrogen) atoms. The fourth-order valence-corrected chi connectivity index (χ4v) is 5.68. The number of alkyl halides is 3. The predicted molar refractivity (Wildman–Crippen MR) is 149 cm³/mol. The van der Waals surface area contributed by atoms with Crippen LogP contribution in [0.2, 0.25) is 5.02 Å². The van der Waals surface area contributed by atoms with Gasteiger partial charge < -0.3 is 19.1 Å². The normalized spacial score (nSPS) is 18.8. The number of carboxylic acid groups (broad SMARTS) is 1. The molecule has 0 aliphatic carbocycles. The Labute approximate surface area is 248 Å². The highest BCUT2D eigenvalue weighted by atomic mass is 35.5. The van der Waals surface area contributed by atoms with Gasteiger partial charge in [-0.2, -0.15) is 13.2 Å². The van der Waals surface area contributed by atoms with Crippen LogP contribution in [-0.4, -0.2) is 49.8 Å². The molecule has 0 bridgehead atoms. The maximum atomic E-state index is 14.3. The van der Waals surface area contributed by atoms with Gasteiger partial charge >= 0.3 is 12.1 Å². The number of pyridine rings is 1. The Bertz CT molecular complexity index is 1710. The highest BCUT2D eigenvalue weighted by Gasteiger charge is 2.39. The van der Waals surface area contributed by atoms with Crippen molar-refractivity contribution in [1.82, 2.24) is 19.4 Å². The number of carboxylic acids is 1. The summed E-state index contributed by atoms with van der Waals surface area (Å²) in [5, 5.41) is 9.68. The van der Waals surface area contributed by atoms with Gasteiger partial charge in [0.25, 0.3) is 0 Å². The summed E-state index contributed by atoms with van der Waals surface area (Å²) in [7, 11) is 0. The third-order valence-electron chi connectivity index (χ3n) is 8.00. The van der Waals surface area contributed by atoms with Crippen LogP contribution < -0.4 is 4.74 Å². The Morgan fingerprint density at radius 2 is 1.98 bits per heavy atom. The molecule has 0 spiro atoms. The lowest BCUT2D eigenvalue weighted by Crippen LogP contribution is -2.36. The zero-order valence-electron chi connectivity index (χ0n) is 23.0. The molecular weight excluding hydrogens is 592 g/mol. The first kappa shape index (κ1) is 29.3. The number of aromatic nitrogens is 3. The van der Waals surface area contributed by atoms with Gasteiger partial charge in [0.1, 0.15) is 18.2 Å². The lowest BCUT2D eigenvalue weighted by atomic mass is 9.97. The van der Waals surface area contributed by atoms with E-state index >= 15 is 0 Å². The van der Waals surface area contributed by atoms with E-state index in [0.717, 1.165) is 12.5 Å². The van der Waals surface area contributed by atoms with Crippen molar-refractivity contribution in [2.24, 2.45) is 0 Å². The monoisotopic (exact) mass is 618 g/mol. The standard InChI is InChI=1S/C30H27ClF4N4O4/c1-16-21-12-26(43-15-18-2-4-19(31)11-22(18)32)28(30(33,34)35)37-23(21)6-8-38(16)14-27-36-24-5-3-17(29(40)41)10-25(24)39(27)13-20-7-9-42-20/h2-5,10-12,16,20H,6-9,13-15H2,1H3,(H,40,41)/t16-,20-/m0/s1. The fraction of sp³-hybridized carbons (Fsp3) is 0.367. The van der Waals surface area contributed by atoms with Crippen LogP contribution in [0.1, 0.15) is 58.1 Å². The van der Waals surface area contributed by atoms with Crippen molar-refractivity contribution in [1.29, 1.82) is 0 Å². The molecule has 2 atom stereocenters. The van der Waals surface area contributed by atoms with E-state index in [9.17, 15) is 27.5 Å². The molecule has 1 fully saturated rings. The largest absolute Gasteiger partial charge is 0.487 e. The SMILES string of the molecule is C[C@H]1c2cc(OCc3ccc(Cl)cc3F)c(C(F)(F)F)nc2CCN1Cc1nc2ccc(C(=O)O)cc2n1C[C@@H]1CCO1. The van der Waals surface area contributed by atoms with E-state index in [-0.39, 0.29) is 34.7 Å². The number of fused-ring (bicyclic) bond motifs is 2. The summed E-state index contributed by atoms with van der Waals surface area (Å²) >= 11 is 5.79. The van der Waals surface area contributed by atoms with Crippen molar-refractivity contribution in [2.75, 3.05) is 13.2 Å². The number of nitrogens with zero attached hydrogens (tertiary/aromatic N) is 4. The Morgan fingerprint density at radius 3 is 2.65 bits per heavy atom. The van der Waals surface area contributed by atoms with Crippen LogP contribution in [-0.2, 0) is 37.0 Å². The van der Waals surface area contributed by atoms with Gasteiger partial charge in [0.2, 0.25) is 0 Å². The van der Waals surface area contributed by atoms with Crippen LogP contribution in [0.5, 0.6) is 5.75 Å². The third-order valence-corrected chi connectivity index (χ3v) is 8.23. The highest BCUT2D eigenvalue weighted by Crippen LogP contribution is 2.40. The van der Waals surface area contributed by atoms with E-state index in [0.29, 0.717) is 54.4 Å². The van der Waals surface area contributed by atoms with Crippen LogP contribution >= 0.6 is 11.6 Å². The molecule has 0 unspecified atom stereocenters. The summed E-state index contributed by atoms with van der Waals surface area (Å²) in [6.07, 6.45) is -3.64. The minimum atomic E-state index is -4.77. The average Bonchev–Trinajstić information content (AvgIpc) is 3.27. The van der Waals surface area contributed by atoms with Gasteiger partial charge in [-0.3, -0.25) is 4.90 Å². The average molecular weight is 619 g/mol. The quantitative estimate of drug-likeness (QED) is 0.228. The van der Waals surface area contributed by atoms with Crippen molar-refractivity contribution in [3.05, 3.63) is 87.2 Å². The highest BCUT2D eigenvalue weighted by molar-refractivity contribution is 6.30. The van der Waals surface area contributed by atoms with Gasteiger partial charge in [0.15, 0.2) is 11.4 Å². The number of aromatic carboxylic acids is 1. The first-order chi connectivity index (χ1) is 20.5. The Hall–Kier alpha value is -3.74. The van der Waals surface area contributed by atoms with Crippen molar-refractivity contribution in [3.8, 4) is 5.75 Å². The van der Waals surface area contributed by atoms with Crippen molar-refractivity contribution >= 4 is 28.6 Å². The van der Waals surface area contributed by atoms with Crippen LogP contribution in [0, 0.1) is 5.82 Å². The summed E-state index contributed by atoms with van der Waals surface area (Å²) in [5.41, 5.74) is 1.27. The van der Waals surface area contributed by atoms with Crippen LogP contribution in [0.15, 0.2) is 42.5 Å². The maximum Gasteiger partial charge on any atom is 0.437 e. The van der Waals surface area contributed by atoms with E-state index in [1.165, 1.54) is 24.3 Å². The van der Waals surface area contributed by atoms with Crippen LogP contribution in [0.3, 0.4) is 0 Å². The summed E-state index contributed by atoms with van der Waals surface area (Å²) in [6, 6.07) is 9.64. The second kappa shape index (κ2) is 11.4. The van der Waals surface area contributed by atoms with Crippen LogP contribution in [0.4, 0.5) is 17.6 Å². The maximum absolute atomic E-state index is 14.3. The molecule has 2 aromatic heterocycles. The van der Waals surface area contributed by atoms with E-state index in [4.69, 9.17) is 26.1 Å². The molecule has 226 valence electrons. The molecule has 2 aromatic carbocycles. The molecule has 4 aromatic rings. The van der Waals surface area contributed by atoms with Gasteiger partial charge in [-0.05, 0) is 55.3 Å². The number of hydrogen-bond acceptors (Lipinski definition) is 6. The number of ether oxygens (including phenoxy) is 2. The summed E-state index contributed by atoms with van der Waals surface area (Å²) in [6.45, 7) is 3.39. The number of imidazole rings is 1. The van der Waals surface area contributed by atoms with Crippen LogP contribution in [0.25, 0.3) is 11.0 Å². The van der Waals surface area contributed by atoms with Crippen molar-refractivity contribution < 1.29 is 36.9 Å². The third kappa shape index (κ3) is 5.91. The lowest BCUT2D eigenvalue weighted by molar-refractivity contribution is -0.142. The molecule has 1 saturated heterocycles. The van der Waals surface area contributed by atoms with Gasteiger partial charge in [0.05, 0.1) is 35.8 Å². The topological polar surface area (TPSA) is 89.7 Å². The zero-order chi connectivity index (χ0) is 30.5. The summed E-state index contributed by atoms with van der Waals surface area (Å²) < 4.78 is 69.4. The Morgan fingerprint density at radius 1 is 1.19 bits per heavy atom. The number of benzene rings is 2. The molecule has 2 aliphatic heterocycles. The van der Waals surface area contributed by atoms with E-state index in [1.54, 1.807) is 12.1 Å². The first-order valence-corrected chi connectivity index (χ1v) is 14.1. The summed E-state index contributed by atoms with van der Waals surface area (Å²) in [4.78, 5) is 22.5. The number of hydrogen-bond donors (Lipinski definition) is 1. The molecule has 0 saturated carbocycles. The Balaban J connectivity index is 1.31. The smallest absolute Gasteiger partial charge is 0.437 e. The van der Waals surface area contributed by atoms with E-state index in [1.807, 2.05) is 11.5 Å². The molecule has 4 heterocycles. The van der Waals surface area contributed by atoms with Gasteiger partial charge in [-0.1, -0.05) is 17.7 Å². The molecule has 0 amide bonds.